The van der Waals surface area contributed by atoms with Crippen molar-refractivity contribution < 1.29 is 0 Å². The number of aryl methyl sites for hydroxylation is 3. The molecule has 3 N–H and O–H groups in total. The van der Waals surface area contributed by atoms with Crippen LogP contribution in [0.5, 0.6) is 0 Å². The number of fused-ring (bicyclic) bond motifs is 1. The highest BCUT2D eigenvalue weighted by molar-refractivity contribution is 7.99. The first kappa shape index (κ1) is 10.7. The number of hydrogen-bond acceptors (Lipinski definition) is 3. The molecule has 1 aliphatic rings. The molecule has 1 heterocycles. The van der Waals surface area contributed by atoms with Gasteiger partial charge in [0.2, 0.25) is 0 Å². The maximum absolute atomic E-state index is 5.86. The SMILES string of the molecule is Cc1nc(Sc2ccc3c(c2)CCC3)c(N)[nH]1. The average Bonchev–Trinajstić information content (AvgIpc) is 2.85. The Balaban J connectivity index is 1.88. The van der Waals surface area contributed by atoms with Gasteiger partial charge in [-0.15, -0.1) is 0 Å². The van der Waals surface area contributed by atoms with Crippen LogP contribution in [0.1, 0.15) is 23.4 Å². The number of nitrogens with two attached hydrogens (primary N) is 1. The third-order valence-electron chi connectivity index (χ3n) is 3.10. The average molecular weight is 245 g/mol. The van der Waals surface area contributed by atoms with Crippen LogP contribution in [-0.2, 0) is 12.8 Å². The molecular formula is C13H15N3S. The Labute approximate surface area is 105 Å². The van der Waals surface area contributed by atoms with Crippen molar-refractivity contribution in [3.63, 3.8) is 0 Å². The van der Waals surface area contributed by atoms with Gasteiger partial charge in [-0.05, 0) is 49.4 Å². The molecule has 0 amide bonds. The minimum absolute atomic E-state index is 0.660. The lowest BCUT2D eigenvalue weighted by atomic mass is 10.1. The topological polar surface area (TPSA) is 54.7 Å². The largest absolute Gasteiger partial charge is 0.383 e. The normalized spacial score (nSPS) is 13.9. The van der Waals surface area contributed by atoms with Crippen molar-refractivity contribution in [1.29, 1.82) is 0 Å². The van der Waals surface area contributed by atoms with E-state index in [4.69, 9.17) is 5.73 Å². The fraction of sp³-hybridized carbons (Fsp3) is 0.308. The number of nitrogen functional groups attached to an aromatic ring is 1. The van der Waals surface area contributed by atoms with Gasteiger partial charge in [-0.25, -0.2) is 4.98 Å². The fourth-order valence-electron chi connectivity index (χ4n) is 2.29. The molecule has 1 aromatic carbocycles. The smallest absolute Gasteiger partial charge is 0.143 e. The maximum Gasteiger partial charge on any atom is 0.143 e. The van der Waals surface area contributed by atoms with Gasteiger partial charge in [0.1, 0.15) is 16.7 Å². The zero-order valence-corrected chi connectivity index (χ0v) is 10.6. The van der Waals surface area contributed by atoms with Gasteiger partial charge in [-0.3, -0.25) is 0 Å². The lowest BCUT2D eigenvalue weighted by molar-refractivity contribution is 0.911. The van der Waals surface area contributed by atoms with Gasteiger partial charge in [0.15, 0.2) is 0 Å². The van der Waals surface area contributed by atoms with Crippen LogP contribution in [0, 0.1) is 6.92 Å². The summed E-state index contributed by atoms with van der Waals surface area (Å²) >= 11 is 1.63. The maximum atomic E-state index is 5.86. The zero-order chi connectivity index (χ0) is 11.8. The summed E-state index contributed by atoms with van der Waals surface area (Å²) in [6.07, 6.45) is 3.72. The summed E-state index contributed by atoms with van der Waals surface area (Å²) in [5, 5.41) is 0.875. The van der Waals surface area contributed by atoms with Crippen molar-refractivity contribution in [2.24, 2.45) is 0 Å². The van der Waals surface area contributed by atoms with E-state index < -0.39 is 0 Å². The number of rotatable bonds is 2. The molecule has 0 aliphatic heterocycles. The highest BCUT2D eigenvalue weighted by Gasteiger charge is 2.12. The number of aromatic nitrogens is 2. The molecule has 4 heteroatoms. The Morgan fingerprint density at radius 2 is 2.12 bits per heavy atom. The van der Waals surface area contributed by atoms with Crippen LogP contribution < -0.4 is 5.73 Å². The number of benzene rings is 1. The first-order chi connectivity index (χ1) is 8.22. The molecule has 1 aliphatic carbocycles. The molecule has 2 aromatic rings. The van der Waals surface area contributed by atoms with E-state index >= 15 is 0 Å². The number of nitrogens with zero attached hydrogens (tertiary/aromatic N) is 1. The molecule has 1 aromatic heterocycles. The second kappa shape index (κ2) is 4.11. The monoisotopic (exact) mass is 245 g/mol. The quantitative estimate of drug-likeness (QED) is 0.855. The van der Waals surface area contributed by atoms with Gasteiger partial charge in [0.25, 0.3) is 0 Å². The van der Waals surface area contributed by atoms with Crippen LogP contribution in [0.4, 0.5) is 5.82 Å². The van der Waals surface area contributed by atoms with Crippen LogP contribution in [0.3, 0.4) is 0 Å². The molecule has 0 unspecified atom stereocenters. The molecule has 0 atom stereocenters. The molecule has 17 heavy (non-hydrogen) atoms. The fourth-order valence-corrected chi connectivity index (χ4v) is 3.19. The number of anilines is 1. The van der Waals surface area contributed by atoms with E-state index in [2.05, 4.69) is 28.2 Å². The summed E-state index contributed by atoms with van der Waals surface area (Å²) < 4.78 is 0. The Morgan fingerprint density at radius 3 is 2.88 bits per heavy atom. The van der Waals surface area contributed by atoms with E-state index in [9.17, 15) is 0 Å². The van der Waals surface area contributed by atoms with Gasteiger partial charge in [0.05, 0.1) is 0 Å². The predicted molar refractivity (Wildman–Crippen MR) is 70.3 cm³/mol. The summed E-state index contributed by atoms with van der Waals surface area (Å²) in [4.78, 5) is 8.63. The number of imidazole rings is 1. The molecule has 0 saturated heterocycles. The van der Waals surface area contributed by atoms with Gasteiger partial charge in [-0.1, -0.05) is 17.8 Å². The third kappa shape index (κ3) is 2.05. The lowest BCUT2D eigenvalue weighted by Crippen LogP contribution is -1.87. The van der Waals surface area contributed by atoms with E-state index in [0.717, 1.165) is 10.9 Å². The Morgan fingerprint density at radius 1 is 1.29 bits per heavy atom. The second-order valence-corrected chi connectivity index (χ2v) is 5.49. The van der Waals surface area contributed by atoms with E-state index in [1.54, 1.807) is 11.8 Å². The highest BCUT2D eigenvalue weighted by atomic mass is 32.2. The summed E-state index contributed by atoms with van der Waals surface area (Å²) in [5.74, 6) is 1.53. The van der Waals surface area contributed by atoms with Crippen molar-refractivity contribution in [3.8, 4) is 0 Å². The number of H-pyrrole nitrogens is 1. The first-order valence-electron chi connectivity index (χ1n) is 5.84. The third-order valence-corrected chi connectivity index (χ3v) is 4.09. The van der Waals surface area contributed by atoms with Gasteiger partial charge >= 0.3 is 0 Å². The molecule has 3 rings (SSSR count). The second-order valence-electron chi connectivity index (χ2n) is 4.43. The van der Waals surface area contributed by atoms with E-state index in [1.807, 2.05) is 6.92 Å². The Kier molecular flexibility index (Phi) is 2.59. The van der Waals surface area contributed by atoms with E-state index in [0.29, 0.717) is 5.82 Å². The molecule has 3 nitrogen and oxygen atoms in total. The van der Waals surface area contributed by atoms with Crippen LogP contribution in [0.2, 0.25) is 0 Å². The number of aromatic amines is 1. The van der Waals surface area contributed by atoms with Crippen molar-refractivity contribution in [3.05, 3.63) is 35.2 Å². The summed E-state index contributed by atoms with van der Waals surface area (Å²) in [5.41, 5.74) is 8.85. The van der Waals surface area contributed by atoms with Crippen LogP contribution in [-0.4, -0.2) is 9.97 Å². The van der Waals surface area contributed by atoms with Gasteiger partial charge in [0, 0.05) is 4.90 Å². The van der Waals surface area contributed by atoms with Crippen LogP contribution in [0.15, 0.2) is 28.1 Å². The molecule has 0 fully saturated rings. The Bertz CT molecular complexity index is 560. The first-order valence-corrected chi connectivity index (χ1v) is 6.66. The predicted octanol–water partition coefficient (Wildman–Crippen LogP) is 2.94. The number of hydrogen-bond donors (Lipinski definition) is 2. The summed E-state index contributed by atoms with van der Waals surface area (Å²) in [7, 11) is 0. The number of nitrogens with one attached hydrogen (secondary N) is 1. The lowest BCUT2D eigenvalue weighted by Gasteiger charge is -2.03. The molecule has 0 bridgehead atoms. The van der Waals surface area contributed by atoms with Crippen molar-refractivity contribution in [1.82, 2.24) is 9.97 Å². The molecule has 0 saturated carbocycles. The standard InChI is InChI=1S/C13H15N3S/c1-8-15-12(14)13(16-8)17-11-6-5-9-3-2-4-10(9)7-11/h5-7H,2-4,14H2,1H3,(H,15,16). The highest BCUT2D eigenvalue weighted by Crippen LogP contribution is 2.33. The molecule has 0 spiro atoms. The van der Waals surface area contributed by atoms with Crippen molar-refractivity contribution in [2.45, 2.75) is 36.1 Å². The van der Waals surface area contributed by atoms with Gasteiger partial charge in [-0.2, -0.15) is 0 Å². The summed E-state index contributed by atoms with van der Waals surface area (Å²) in [6.45, 7) is 1.92. The van der Waals surface area contributed by atoms with Crippen LogP contribution in [0.25, 0.3) is 0 Å². The minimum Gasteiger partial charge on any atom is -0.383 e. The minimum atomic E-state index is 0.660. The van der Waals surface area contributed by atoms with Gasteiger partial charge < -0.3 is 10.7 Å². The molecule has 88 valence electrons. The van der Waals surface area contributed by atoms with E-state index in [1.165, 1.54) is 35.3 Å². The van der Waals surface area contributed by atoms with Crippen molar-refractivity contribution >= 4 is 17.6 Å². The van der Waals surface area contributed by atoms with E-state index in [-0.39, 0.29) is 0 Å². The zero-order valence-electron chi connectivity index (χ0n) is 9.79. The molecular weight excluding hydrogens is 230 g/mol. The Hall–Kier alpha value is -1.42. The van der Waals surface area contributed by atoms with Crippen molar-refractivity contribution in [2.75, 3.05) is 5.73 Å². The molecule has 0 radical (unpaired) electrons. The van der Waals surface area contributed by atoms with Crippen LogP contribution >= 0.6 is 11.8 Å². The summed E-state index contributed by atoms with van der Waals surface area (Å²) in [6, 6.07) is 6.68.